The fourth-order valence-electron chi connectivity index (χ4n) is 3.85. The van der Waals surface area contributed by atoms with Crippen LogP contribution in [0, 0.1) is 6.92 Å². The lowest BCUT2D eigenvalue weighted by molar-refractivity contribution is -0.137. The van der Waals surface area contributed by atoms with Crippen LogP contribution < -0.4 is 5.32 Å². The van der Waals surface area contributed by atoms with Crippen LogP contribution >= 0.6 is 11.6 Å². The molecule has 7 nitrogen and oxygen atoms in total. The second-order valence-electron chi connectivity index (χ2n) is 8.68. The van der Waals surface area contributed by atoms with E-state index in [-0.39, 0.29) is 12.2 Å². The van der Waals surface area contributed by atoms with Crippen molar-refractivity contribution in [3.8, 4) is 16.9 Å². The van der Waals surface area contributed by atoms with Crippen molar-refractivity contribution in [3.63, 3.8) is 0 Å². The minimum atomic E-state index is -4.47. The van der Waals surface area contributed by atoms with Crippen molar-refractivity contribution in [2.45, 2.75) is 32.7 Å². The number of halogens is 4. The summed E-state index contributed by atoms with van der Waals surface area (Å²) in [5, 5.41) is 16.7. The summed E-state index contributed by atoms with van der Waals surface area (Å²) < 4.78 is 46.7. The van der Waals surface area contributed by atoms with Crippen molar-refractivity contribution in [2.75, 3.05) is 5.32 Å². The first-order valence-electron chi connectivity index (χ1n) is 11.7. The number of aromatic nitrogens is 2. The summed E-state index contributed by atoms with van der Waals surface area (Å²) >= 11 is 6.41. The zero-order chi connectivity index (χ0) is 28.3. The number of anilines is 1. The van der Waals surface area contributed by atoms with Crippen LogP contribution in [0.15, 0.2) is 72.8 Å². The molecule has 2 N–H and O–H groups in total. The number of carbonyl (C=O) groups is 2. The van der Waals surface area contributed by atoms with Gasteiger partial charge in [-0.25, -0.2) is 9.48 Å². The Morgan fingerprint density at radius 2 is 1.69 bits per heavy atom. The van der Waals surface area contributed by atoms with Crippen LogP contribution in [0.3, 0.4) is 0 Å². The second-order valence-corrected chi connectivity index (χ2v) is 9.09. The lowest BCUT2D eigenvalue weighted by Gasteiger charge is -2.13. The highest BCUT2D eigenvalue weighted by Crippen LogP contribution is 2.35. The lowest BCUT2D eigenvalue weighted by Crippen LogP contribution is -2.27. The van der Waals surface area contributed by atoms with E-state index in [0.29, 0.717) is 38.9 Å². The SMILES string of the molecule is Cc1c(COC(C)C(=O)Nc2ccc(C(=O)O)cc2)nn(-c2ccccc2Cl)c1-c1ccc(C(F)(F)F)cc1. The highest BCUT2D eigenvalue weighted by molar-refractivity contribution is 6.32. The molecule has 0 aliphatic rings. The van der Waals surface area contributed by atoms with Gasteiger partial charge in [-0.2, -0.15) is 18.3 Å². The number of benzene rings is 3. The molecular weight excluding hydrogens is 535 g/mol. The van der Waals surface area contributed by atoms with Crippen molar-refractivity contribution >= 4 is 29.2 Å². The predicted octanol–water partition coefficient (Wildman–Crippen LogP) is 6.76. The number of ether oxygens (including phenoxy) is 1. The molecule has 3 aromatic carbocycles. The molecule has 4 rings (SSSR count). The average Bonchev–Trinajstić information content (AvgIpc) is 3.23. The normalized spacial score (nSPS) is 12.3. The third-order valence-corrected chi connectivity index (χ3v) is 6.35. The van der Waals surface area contributed by atoms with Crippen LogP contribution in [0.5, 0.6) is 0 Å². The second kappa shape index (κ2) is 11.3. The molecule has 0 radical (unpaired) electrons. The molecule has 0 saturated carbocycles. The number of para-hydroxylation sites is 1. The lowest BCUT2D eigenvalue weighted by atomic mass is 10.0. The molecule has 1 heterocycles. The number of nitrogens with one attached hydrogen (secondary N) is 1. The Bertz CT molecular complexity index is 1500. The Labute approximate surface area is 226 Å². The monoisotopic (exact) mass is 557 g/mol. The number of hydrogen-bond donors (Lipinski definition) is 2. The molecule has 0 fully saturated rings. The van der Waals surface area contributed by atoms with Gasteiger partial charge in [0.05, 0.1) is 39.8 Å². The summed E-state index contributed by atoms with van der Waals surface area (Å²) in [5.41, 5.74) is 2.39. The maximum atomic E-state index is 13.1. The van der Waals surface area contributed by atoms with Gasteiger partial charge >= 0.3 is 12.1 Å². The van der Waals surface area contributed by atoms with Crippen molar-refractivity contribution < 1.29 is 32.6 Å². The molecule has 202 valence electrons. The molecule has 0 aliphatic heterocycles. The van der Waals surface area contributed by atoms with Crippen LogP contribution in [0.4, 0.5) is 18.9 Å². The van der Waals surface area contributed by atoms with Gasteiger partial charge in [0.25, 0.3) is 5.91 Å². The first-order valence-corrected chi connectivity index (χ1v) is 12.1. The quantitative estimate of drug-likeness (QED) is 0.250. The summed E-state index contributed by atoms with van der Waals surface area (Å²) in [5.74, 6) is -1.53. The van der Waals surface area contributed by atoms with E-state index in [1.54, 1.807) is 42.8 Å². The fraction of sp³-hybridized carbons (Fsp3) is 0.179. The molecule has 4 aromatic rings. The molecule has 1 atom stereocenters. The average molecular weight is 558 g/mol. The summed E-state index contributed by atoms with van der Waals surface area (Å²) in [6, 6.07) is 17.4. The van der Waals surface area contributed by atoms with E-state index in [9.17, 15) is 22.8 Å². The van der Waals surface area contributed by atoms with E-state index in [0.717, 1.165) is 12.1 Å². The fourth-order valence-corrected chi connectivity index (χ4v) is 4.07. The molecule has 11 heteroatoms. The van der Waals surface area contributed by atoms with Crippen molar-refractivity contribution in [2.24, 2.45) is 0 Å². The van der Waals surface area contributed by atoms with Crippen molar-refractivity contribution in [1.29, 1.82) is 0 Å². The zero-order valence-corrected chi connectivity index (χ0v) is 21.5. The summed E-state index contributed by atoms with van der Waals surface area (Å²) in [6.07, 6.45) is -5.37. The molecule has 0 aliphatic carbocycles. The third kappa shape index (κ3) is 6.30. The van der Waals surface area contributed by atoms with Crippen LogP contribution in [0.25, 0.3) is 16.9 Å². The van der Waals surface area contributed by atoms with Gasteiger partial charge in [-0.15, -0.1) is 0 Å². The molecule has 1 aromatic heterocycles. The Balaban J connectivity index is 1.58. The Kier molecular flexibility index (Phi) is 8.08. The predicted molar refractivity (Wildman–Crippen MR) is 140 cm³/mol. The standard InChI is InChI=1S/C28H23ClF3N3O4/c1-16-23(15-39-17(2)26(36)33-21-13-9-19(10-14-21)27(37)38)34-35(24-6-4-3-5-22(24)29)25(16)18-7-11-20(12-8-18)28(30,31)32/h3-14,17H,15H2,1-2H3,(H,33,36)(H,37,38). The van der Waals surface area contributed by atoms with Gasteiger partial charge in [0.2, 0.25) is 0 Å². The molecule has 39 heavy (non-hydrogen) atoms. The van der Waals surface area contributed by atoms with Gasteiger partial charge in [0, 0.05) is 16.8 Å². The Hall–Kier alpha value is -4.15. The van der Waals surface area contributed by atoms with Crippen LogP contribution in [-0.4, -0.2) is 32.9 Å². The highest BCUT2D eigenvalue weighted by Gasteiger charge is 2.30. The zero-order valence-electron chi connectivity index (χ0n) is 20.8. The van der Waals surface area contributed by atoms with Crippen molar-refractivity contribution in [1.82, 2.24) is 9.78 Å². The number of carbonyl (C=O) groups excluding carboxylic acids is 1. The molecule has 0 saturated heterocycles. The van der Waals surface area contributed by atoms with Gasteiger partial charge in [0.1, 0.15) is 6.10 Å². The topological polar surface area (TPSA) is 93.4 Å². The number of carboxylic acids is 1. The number of aromatic carboxylic acids is 1. The Morgan fingerprint density at radius 1 is 1.05 bits per heavy atom. The van der Waals surface area contributed by atoms with Gasteiger partial charge in [-0.3, -0.25) is 4.79 Å². The van der Waals surface area contributed by atoms with E-state index in [1.165, 1.54) is 36.4 Å². The summed E-state index contributed by atoms with van der Waals surface area (Å²) in [4.78, 5) is 23.6. The van der Waals surface area contributed by atoms with E-state index in [1.807, 2.05) is 0 Å². The van der Waals surface area contributed by atoms with Gasteiger partial charge in [-0.1, -0.05) is 35.9 Å². The number of hydrogen-bond acceptors (Lipinski definition) is 4. The number of rotatable bonds is 8. The number of carboxylic acid groups (broad SMARTS) is 1. The summed E-state index contributed by atoms with van der Waals surface area (Å²) in [7, 11) is 0. The first-order chi connectivity index (χ1) is 18.5. The van der Waals surface area contributed by atoms with E-state index < -0.39 is 29.7 Å². The molecule has 0 spiro atoms. The minimum absolute atomic E-state index is 0.0660. The molecular formula is C28H23ClF3N3O4. The van der Waals surface area contributed by atoms with E-state index in [2.05, 4.69) is 10.4 Å². The van der Waals surface area contributed by atoms with Gasteiger partial charge in [-0.05, 0) is 62.4 Å². The number of nitrogens with zero attached hydrogens (tertiary/aromatic N) is 2. The third-order valence-electron chi connectivity index (χ3n) is 6.03. The minimum Gasteiger partial charge on any atom is -0.478 e. The first kappa shape index (κ1) is 27.9. The largest absolute Gasteiger partial charge is 0.478 e. The maximum absolute atomic E-state index is 13.1. The smallest absolute Gasteiger partial charge is 0.416 e. The van der Waals surface area contributed by atoms with Crippen LogP contribution in [-0.2, 0) is 22.3 Å². The number of alkyl halides is 3. The van der Waals surface area contributed by atoms with Crippen LogP contribution in [0.2, 0.25) is 5.02 Å². The van der Waals surface area contributed by atoms with Gasteiger partial charge < -0.3 is 15.2 Å². The number of amides is 1. The molecule has 1 unspecified atom stereocenters. The highest BCUT2D eigenvalue weighted by atomic mass is 35.5. The van der Waals surface area contributed by atoms with Crippen molar-refractivity contribution in [3.05, 3.63) is 100 Å². The maximum Gasteiger partial charge on any atom is 0.416 e. The molecule has 1 amide bonds. The Morgan fingerprint density at radius 3 is 2.28 bits per heavy atom. The summed E-state index contributed by atoms with van der Waals surface area (Å²) in [6.45, 7) is 3.25. The van der Waals surface area contributed by atoms with E-state index >= 15 is 0 Å². The van der Waals surface area contributed by atoms with Gasteiger partial charge in [0.15, 0.2) is 0 Å². The van der Waals surface area contributed by atoms with Crippen LogP contribution in [0.1, 0.15) is 34.1 Å². The van der Waals surface area contributed by atoms with E-state index in [4.69, 9.17) is 21.4 Å². The molecule has 0 bridgehead atoms.